The highest BCUT2D eigenvalue weighted by Crippen LogP contribution is 2.14. The third-order valence-corrected chi connectivity index (χ3v) is 4.46. The molecule has 6 heteroatoms. The number of carbonyl (C=O) groups excluding carboxylic acids is 1. The summed E-state index contributed by atoms with van der Waals surface area (Å²) in [4.78, 5) is 12.8. The van der Waals surface area contributed by atoms with E-state index < -0.39 is 0 Å². The lowest BCUT2D eigenvalue weighted by Crippen LogP contribution is -2.23. The fourth-order valence-corrected chi connectivity index (χ4v) is 3.05. The van der Waals surface area contributed by atoms with E-state index in [1.807, 2.05) is 61.5 Å². The molecule has 1 aromatic heterocycles. The van der Waals surface area contributed by atoms with Crippen LogP contribution in [0.25, 0.3) is 0 Å². The minimum Gasteiger partial charge on any atom is -0.489 e. The number of benzene rings is 2. The second-order valence-corrected chi connectivity index (χ2v) is 6.26. The number of hydrogen-bond donors (Lipinski definition) is 1. The van der Waals surface area contributed by atoms with Crippen LogP contribution in [0, 0.1) is 0 Å². The van der Waals surface area contributed by atoms with E-state index in [2.05, 4.69) is 14.9 Å². The van der Waals surface area contributed by atoms with E-state index in [0.717, 1.165) is 34.1 Å². The van der Waals surface area contributed by atoms with Crippen molar-refractivity contribution in [1.82, 2.24) is 14.9 Å². The molecule has 0 bridgehead atoms. The third kappa shape index (κ3) is 4.64. The Bertz CT molecular complexity index is 833. The minimum absolute atomic E-state index is 0.127. The Balaban J connectivity index is 1.57. The zero-order chi connectivity index (χ0) is 17.5. The van der Waals surface area contributed by atoms with Gasteiger partial charge in [-0.15, -0.1) is 5.10 Å². The molecule has 1 heterocycles. The number of aryl methyl sites for hydroxylation is 1. The Morgan fingerprint density at radius 1 is 1.12 bits per heavy atom. The van der Waals surface area contributed by atoms with Crippen molar-refractivity contribution in [2.24, 2.45) is 0 Å². The van der Waals surface area contributed by atoms with Gasteiger partial charge < -0.3 is 10.1 Å². The van der Waals surface area contributed by atoms with Gasteiger partial charge in [0.05, 0.1) is 5.69 Å². The monoisotopic (exact) mass is 353 g/mol. The van der Waals surface area contributed by atoms with Crippen LogP contribution in [0.1, 0.15) is 33.4 Å². The van der Waals surface area contributed by atoms with Gasteiger partial charge in [0.2, 0.25) is 0 Å². The molecular weight excluding hydrogens is 334 g/mol. The van der Waals surface area contributed by atoms with Crippen LogP contribution in [0.3, 0.4) is 0 Å². The zero-order valence-corrected chi connectivity index (χ0v) is 14.8. The SMILES string of the molecule is CCc1nnsc1C(=O)NCc1cccc(COc2ccccc2)c1. The first-order valence-electron chi connectivity index (χ1n) is 8.11. The first-order chi connectivity index (χ1) is 12.3. The lowest BCUT2D eigenvalue weighted by Gasteiger charge is -2.09. The van der Waals surface area contributed by atoms with Gasteiger partial charge in [-0.05, 0) is 41.2 Å². The van der Waals surface area contributed by atoms with Gasteiger partial charge in [-0.3, -0.25) is 4.79 Å². The van der Waals surface area contributed by atoms with Crippen LogP contribution in [-0.2, 0) is 19.6 Å². The molecule has 2 aromatic carbocycles. The van der Waals surface area contributed by atoms with E-state index in [0.29, 0.717) is 24.4 Å². The van der Waals surface area contributed by atoms with Crippen molar-refractivity contribution in [2.75, 3.05) is 0 Å². The molecule has 25 heavy (non-hydrogen) atoms. The van der Waals surface area contributed by atoms with Crippen LogP contribution in [0.15, 0.2) is 54.6 Å². The highest BCUT2D eigenvalue weighted by Gasteiger charge is 2.14. The lowest BCUT2D eigenvalue weighted by atomic mass is 10.1. The van der Waals surface area contributed by atoms with E-state index in [-0.39, 0.29) is 5.91 Å². The number of carbonyl (C=O) groups is 1. The standard InChI is InChI=1S/C19H19N3O2S/c1-2-17-18(25-22-21-17)19(23)20-12-14-7-6-8-15(11-14)13-24-16-9-4-3-5-10-16/h3-11H,2,12-13H2,1H3,(H,20,23). The van der Waals surface area contributed by atoms with Crippen molar-refractivity contribution in [3.05, 3.63) is 76.3 Å². The predicted molar refractivity (Wildman–Crippen MR) is 97.7 cm³/mol. The molecule has 0 atom stereocenters. The van der Waals surface area contributed by atoms with Gasteiger partial charge >= 0.3 is 0 Å². The smallest absolute Gasteiger partial charge is 0.265 e. The Labute approximate surface area is 150 Å². The van der Waals surface area contributed by atoms with Gasteiger partial charge in [-0.2, -0.15) is 0 Å². The topological polar surface area (TPSA) is 64.1 Å². The van der Waals surface area contributed by atoms with Gasteiger partial charge in [-0.1, -0.05) is 53.9 Å². The maximum Gasteiger partial charge on any atom is 0.265 e. The molecule has 0 aliphatic rings. The molecule has 3 rings (SSSR count). The van der Waals surface area contributed by atoms with Crippen molar-refractivity contribution >= 4 is 17.4 Å². The fraction of sp³-hybridized carbons (Fsp3) is 0.211. The van der Waals surface area contributed by atoms with Crippen LogP contribution in [0.5, 0.6) is 5.75 Å². The molecule has 0 spiro atoms. The molecule has 128 valence electrons. The molecule has 0 saturated heterocycles. The van der Waals surface area contributed by atoms with Crippen LogP contribution < -0.4 is 10.1 Å². The maximum absolute atomic E-state index is 12.2. The Morgan fingerprint density at radius 2 is 1.92 bits per heavy atom. The van der Waals surface area contributed by atoms with Crippen molar-refractivity contribution < 1.29 is 9.53 Å². The summed E-state index contributed by atoms with van der Waals surface area (Å²) in [6.45, 7) is 2.91. The number of nitrogens with zero attached hydrogens (tertiary/aromatic N) is 2. The quantitative estimate of drug-likeness (QED) is 0.705. The first kappa shape index (κ1) is 17.1. The second kappa shape index (κ2) is 8.39. The number of rotatable bonds is 7. The van der Waals surface area contributed by atoms with E-state index in [4.69, 9.17) is 4.74 Å². The van der Waals surface area contributed by atoms with Crippen molar-refractivity contribution in [2.45, 2.75) is 26.5 Å². The molecular formula is C19H19N3O2S. The fourth-order valence-electron chi connectivity index (χ4n) is 2.39. The molecule has 0 unspecified atom stereocenters. The van der Waals surface area contributed by atoms with Gasteiger partial charge in [0.15, 0.2) is 0 Å². The normalized spacial score (nSPS) is 10.4. The summed E-state index contributed by atoms with van der Waals surface area (Å²) in [6.07, 6.45) is 0.700. The average molecular weight is 353 g/mol. The van der Waals surface area contributed by atoms with Gasteiger partial charge in [0, 0.05) is 6.54 Å². The summed E-state index contributed by atoms with van der Waals surface area (Å²) in [5.41, 5.74) is 2.83. The van der Waals surface area contributed by atoms with E-state index in [1.165, 1.54) is 0 Å². The van der Waals surface area contributed by atoms with Crippen LogP contribution in [0.2, 0.25) is 0 Å². The summed E-state index contributed by atoms with van der Waals surface area (Å²) < 4.78 is 9.61. The van der Waals surface area contributed by atoms with E-state index in [9.17, 15) is 4.79 Å². The Kier molecular flexibility index (Phi) is 5.74. The molecule has 0 aliphatic carbocycles. The zero-order valence-electron chi connectivity index (χ0n) is 13.9. The van der Waals surface area contributed by atoms with Crippen molar-refractivity contribution in [3.8, 4) is 5.75 Å². The van der Waals surface area contributed by atoms with E-state index in [1.54, 1.807) is 0 Å². The Hall–Kier alpha value is -2.73. The van der Waals surface area contributed by atoms with Crippen LogP contribution >= 0.6 is 11.5 Å². The highest BCUT2D eigenvalue weighted by atomic mass is 32.1. The number of hydrogen-bond acceptors (Lipinski definition) is 5. The lowest BCUT2D eigenvalue weighted by molar-refractivity contribution is 0.0954. The molecule has 1 amide bonds. The predicted octanol–water partition coefficient (Wildman–Crippen LogP) is 3.61. The largest absolute Gasteiger partial charge is 0.489 e. The Morgan fingerprint density at radius 3 is 2.72 bits per heavy atom. The molecule has 0 fully saturated rings. The van der Waals surface area contributed by atoms with Crippen LogP contribution in [-0.4, -0.2) is 15.5 Å². The molecule has 0 radical (unpaired) electrons. The summed E-state index contributed by atoms with van der Waals surface area (Å²) >= 11 is 1.13. The summed E-state index contributed by atoms with van der Waals surface area (Å²) in [5.74, 6) is 0.712. The summed E-state index contributed by atoms with van der Waals surface area (Å²) in [6, 6.07) is 17.7. The average Bonchev–Trinajstić information content (AvgIpc) is 3.14. The number of ether oxygens (including phenoxy) is 1. The number of nitrogens with one attached hydrogen (secondary N) is 1. The second-order valence-electron chi connectivity index (χ2n) is 5.51. The number of aromatic nitrogens is 2. The highest BCUT2D eigenvalue weighted by molar-refractivity contribution is 7.08. The molecule has 1 N–H and O–H groups in total. The first-order valence-corrected chi connectivity index (χ1v) is 8.88. The number of para-hydroxylation sites is 1. The van der Waals surface area contributed by atoms with Crippen molar-refractivity contribution in [3.63, 3.8) is 0 Å². The van der Waals surface area contributed by atoms with Gasteiger partial charge in [0.1, 0.15) is 17.2 Å². The van der Waals surface area contributed by atoms with Crippen molar-refractivity contribution in [1.29, 1.82) is 0 Å². The number of amides is 1. The molecule has 5 nitrogen and oxygen atoms in total. The van der Waals surface area contributed by atoms with Gasteiger partial charge in [0.25, 0.3) is 5.91 Å². The van der Waals surface area contributed by atoms with Gasteiger partial charge in [-0.25, -0.2) is 0 Å². The maximum atomic E-state index is 12.2. The minimum atomic E-state index is -0.127. The molecule has 3 aromatic rings. The third-order valence-electron chi connectivity index (χ3n) is 3.69. The molecule has 0 saturated carbocycles. The van der Waals surface area contributed by atoms with Crippen LogP contribution in [0.4, 0.5) is 0 Å². The summed E-state index contributed by atoms with van der Waals surface area (Å²) in [7, 11) is 0. The summed E-state index contributed by atoms with van der Waals surface area (Å²) in [5, 5.41) is 6.90. The van der Waals surface area contributed by atoms with E-state index >= 15 is 0 Å². The molecule has 0 aliphatic heterocycles.